The maximum Gasteiger partial charge on any atom is 0.317 e. The number of carbonyl (C=O) groups excluding carboxylic acids is 1. The number of anilines is 1. The van der Waals surface area contributed by atoms with Crippen molar-refractivity contribution in [3.05, 3.63) is 81.5 Å². The minimum atomic E-state index is -1.77. The fourth-order valence-corrected chi connectivity index (χ4v) is 7.40. The highest BCUT2D eigenvalue weighted by atomic mass is 35.5. The number of rotatable bonds is 9. The number of nitrogens with zero attached hydrogens (tertiary/aromatic N) is 4. The molecular weight excluding hydrogens is 665 g/mol. The Morgan fingerprint density at radius 2 is 1.88 bits per heavy atom. The van der Waals surface area contributed by atoms with Gasteiger partial charge in [0.1, 0.15) is 17.0 Å². The van der Waals surface area contributed by atoms with Crippen molar-refractivity contribution in [1.82, 2.24) is 20.0 Å². The van der Waals surface area contributed by atoms with Crippen molar-refractivity contribution in [2.24, 2.45) is 5.41 Å². The average Bonchev–Trinajstić information content (AvgIpc) is 3.56. The van der Waals surface area contributed by atoms with Gasteiger partial charge in [-0.05, 0) is 48.4 Å². The van der Waals surface area contributed by atoms with Gasteiger partial charge in [0, 0.05) is 47.9 Å². The van der Waals surface area contributed by atoms with Crippen molar-refractivity contribution in [2.75, 3.05) is 25.0 Å². The second-order valence-corrected chi connectivity index (χ2v) is 14.8. The van der Waals surface area contributed by atoms with E-state index < -0.39 is 57.9 Å². The number of carboxylic acid groups (broad SMARTS) is 1. The van der Waals surface area contributed by atoms with Crippen LogP contribution in [0.15, 0.2) is 48.7 Å². The summed E-state index contributed by atoms with van der Waals surface area (Å²) >= 11 is 12.3. The minimum absolute atomic E-state index is 0.0237. The molecule has 256 valence electrons. The molecule has 4 N–H and O–H groups in total. The second-order valence-electron chi connectivity index (χ2n) is 14.0. The molecule has 2 aliphatic heterocycles. The molecule has 48 heavy (non-hydrogen) atoms. The van der Waals surface area contributed by atoms with Crippen LogP contribution in [0.3, 0.4) is 0 Å². The van der Waals surface area contributed by atoms with E-state index in [9.17, 15) is 20.0 Å². The molecule has 4 unspecified atom stereocenters. The lowest BCUT2D eigenvalue weighted by Gasteiger charge is -2.37. The van der Waals surface area contributed by atoms with Crippen molar-refractivity contribution in [3.63, 3.8) is 0 Å². The van der Waals surface area contributed by atoms with Gasteiger partial charge >= 0.3 is 5.97 Å². The third kappa shape index (κ3) is 7.36. The van der Waals surface area contributed by atoms with Gasteiger partial charge in [0.2, 0.25) is 5.91 Å². The average molecular weight is 704 g/mol. The summed E-state index contributed by atoms with van der Waals surface area (Å²) in [6.45, 7) is 6.69. The molecule has 0 aliphatic carbocycles. The number of halogens is 4. The molecule has 2 aromatic carbocycles. The summed E-state index contributed by atoms with van der Waals surface area (Å²) in [6.07, 6.45) is 2.60. The number of aliphatic hydroxyl groups is 1. The standard InChI is InChI=1S/C34H38Cl2F2N6O4/c1-32(2,3)16-25-34(18-39,22-8-7-20(35)15-24(22)37)28(21-5-4-6-23(36)29(21)38)30(40-25)31(47)41-26-9-12-44(42-26)19-33(48)10-13-43(14-11-33)17-27(45)46/h4-9,12,15,25,28,30,40,48H,10-11,13-14,16-17,19H2,1-3H3,(H,45,46)(H,41,42,47). The predicted octanol–water partition coefficient (Wildman–Crippen LogP) is 5.34. The van der Waals surface area contributed by atoms with Gasteiger partial charge in [-0.2, -0.15) is 10.4 Å². The minimum Gasteiger partial charge on any atom is -0.480 e. The van der Waals surface area contributed by atoms with E-state index in [1.165, 1.54) is 35.0 Å². The van der Waals surface area contributed by atoms with Crippen LogP contribution in [0, 0.1) is 28.4 Å². The SMILES string of the molecule is CC(C)(C)CC1NC(C(=O)Nc2ccn(CC3(O)CCN(CC(=O)O)CC3)n2)C(c2cccc(Cl)c2F)C1(C#N)c1ccc(Cl)cc1F. The highest BCUT2D eigenvalue weighted by Crippen LogP contribution is 2.53. The third-order valence-electron chi connectivity index (χ3n) is 9.23. The molecule has 2 aliphatic rings. The second kappa shape index (κ2) is 13.7. The number of piperidine rings is 1. The lowest BCUT2D eigenvalue weighted by molar-refractivity contribution is -0.139. The molecule has 3 heterocycles. The van der Waals surface area contributed by atoms with Gasteiger partial charge in [-0.25, -0.2) is 8.78 Å². The Morgan fingerprint density at radius 1 is 1.17 bits per heavy atom. The zero-order valence-corrected chi connectivity index (χ0v) is 28.3. The number of aliphatic carboxylic acids is 1. The Morgan fingerprint density at radius 3 is 2.50 bits per heavy atom. The van der Waals surface area contributed by atoms with Crippen molar-refractivity contribution < 1.29 is 28.6 Å². The van der Waals surface area contributed by atoms with Crippen molar-refractivity contribution in [2.45, 2.75) is 75.6 Å². The highest BCUT2D eigenvalue weighted by molar-refractivity contribution is 6.31. The van der Waals surface area contributed by atoms with E-state index in [0.717, 1.165) is 6.07 Å². The number of carbonyl (C=O) groups is 2. The predicted molar refractivity (Wildman–Crippen MR) is 177 cm³/mol. The number of carboxylic acids is 1. The van der Waals surface area contributed by atoms with Gasteiger partial charge < -0.3 is 20.8 Å². The van der Waals surface area contributed by atoms with E-state index in [4.69, 9.17) is 28.3 Å². The van der Waals surface area contributed by atoms with E-state index in [2.05, 4.69) is 21.8 Å². The Balaban J connectivity index is 1.49. The smallest absolute Gasteiger partial charge is 0.317 e. The van der Waals surface area contributed by atoms with Crippen molar-refractivity contribution in [3.8, 4) is 6.07 Å². The maximum atomic E-state index is 15.9. The summed E-state index contributed by atoms with van der Waals surface area (Å²) in [5, 5.41) is 41.6. The summed E-state index contributed by atoms with van der Waals surface area (Å²) in [4.78, 5) is 27.0. The number of nitrogens with one attached hydrogen (secondary N) is 2. The van der Waals surface area contributed by atoms with Crippen molar-refractivity contribution >= 4 is 40.9 Å². The molecule has 14 heteroatoms. The Bertz CT molecular complexity index is 1730. The molecule has 10 nitrogen and oxygen atoms in total. The van der Waals surface area contributed by atoms with Gasteiger partial charge in [-0.1, -0.05) is 62.2 Å². The molecule has 1 aromatic heterocycles. The number of hydrogen-bond acceptors (Lipinski definition) is 7. The van der Waals surface area contributed by atoms with Gasteiger partial charge in [-0.3, -0.25) is 19.2 Å². The number of hydrogen-bond donors (Lipinski definition) is 4. The van der Waals surface area contributed by atoms with Crippen molar-refractivity contribution in [1.29, 1.82) is 5.26 Å². The lowest BCUT2D eigenvalue weighted by Crippen LogP contribution is -2.48. The van der Waals surface area contributed by atoms with Crippen LogP contribution < -0.4 is 10.6 Å². The van der Waals surface area contributed by atoms with Crippen LogP contribution in [-0.2, 0) is 21.5 Å². The molecular formula is C34H38Cl2F2N6O4. The Hall–Kier alpha value is -3.60. The third-order valence-corrected chi connectivity index (χ3v) is 9.75. The fraction of sp³-hybridized carbons (Fsp3) is 0.471. The molecule has 4 atom stereocenters. The van der Waals surface area contributed by atoms with Crippen LogP contribution in [-0.4, -0.2) is 74.1 Å². The van der Waals surface area contributed by atoms with Crippen LogP contribution >= 0.6 is 23.2 Å². The van der Waals surface area contributed by atoms with E-state index in [1.807, 2.05) is 20.8 Å². The largest absolute Gasteiger partial charge is 0.480 e. The number of amides is 1. The van der Waals surface area contributed by atoms with Crippen LogP contribution in [0.5, 0.6) is 0 Å². The zero-order chi connectivity index (χ0) is 35.0. The molecule has 5 rings (SSSR count). The monoisotopic (exact) mass is 702 g/mol. The summed E-state index contributed by atoms with van der Waals surface area (Å²) < 4.78 is 33.2. The first-order chi connectivity index (χ1) is 22.5. The van der Waals surface area contributed by atoms with Gasteiger partial charge in [-0.15, -0.1) is 0 Å². The first-order valence-electron chi connectivity index (χ1n) is 15.6. The Labute approximate surface area is 287 Å². The number of likely N-dealkylation sites (tertiary alicyclic amines) is 1. The van der Waals surface area contributed by atoms with E-state index in [1.54, 1.807) is 17.2 Å². The van der Waals surface area contributed by atoms with E-state index >= 15 is 8.78 Å². The molecule has 2 fully saturated rings. The summed E-state index contributed by atoms with van der Waals surface area (Å²) in [7, 11) is 0. The molecule has 2 saturated heterocycles. The highest BCUT2D eigenvalue weighted by Gasteiger charge is 2.61. The van der Waals surface area contributed by atoms with Crippen LogP contribution in [0.25, 0.3) is 0 Å². The number of benzene rings is 2. The van der Waals surface area contributed by atoms with Gasteiger partial charge in [0.15, 0.2) is 5.82 Å². The number of aromatic nitrogens is 2. The molecule has 0 saturated carbocycles. The van der Waals surface area contributed by atoms with E-state index in [0.29, 0.717) is 32.4 Å². The zero-order valence-electron chi connectivity index (χ0n) is 26.8. The van der Waals surface area contributed by atoms with Crippen LogP contribution in [0.4, 0.5) is 14.6 Å². The molecule has 0 bridgehead atoms. The first-order valence-corrected chi connectivity index (χ1v) is 16.4. The lowest BCUT2D eigenvalue weighted by atomic mass is 9.62. The Kier molecular flexibility index (Phi) is 10.2. The summed E-state index contributed by atoms with van der Waals surface area (Å²) in [5.41, 5.74) is -3.34. The summed E-state index contributed by atoms with van der Waals surface area (Å²) in [5.74, 6) is -4.22. The van der Waals surface area contributed by atoms with E-state index in [-0.39, 0.29) is 40.1 Å². The van der Waals surface area contributed by atoms with Crippen LogP contribution in [0.2, 0.25) is 10.0 Å². The van der Waals surface area contributed by atoms with Gasteiger partial charge in [0.25, 0.3) is 0 Å². The summed E-state index contributed by atoms with van der Waals surface area (Å²) in [6, 6.07) is 10.1. The molecule has 3 aromatic rings. The van der Waals surface area contributed by atoms with Crippen LogP contribution in [0.1, 0.15) is 57.1 Å². The first kappa shape index (κ1) is 35.7. The topological polar surface area (TPSA) is 144 Å². The maximum absolute atomic E-state index is 15.9. The molecule has 0 radical (unpaired) electrons. The fourth-order valence-electron chi connectivity index (χ4n) is 7.06. The quantitative estimate of drug-likeness (QED) is 0.234. The van der Waals surface area contributed by atoms with Gasteiger partial charge in [0.05, 0.1) is 35.8 Å². The normalized spacial score (nSPS) is 24.3. The number of nitriles is 1. The molecule has 1 amide bonds. The molecule has 0 spiro atoms.